The lowest BCUT2D eigenvalue weighted by Gasteiger charge is -2.15. The van der Waals surface area contributed by atoms with Crippen LogP contribution in [0.25, 0.3) is 5.57 Å². The molecule has 0 spiro atoms. The van der Waals surface area contributed by atoms with Crippen molar-refractivity contribution >= 4 is 28.8 Å². The summed E-state index contributed by atoms with van der Waals surface area (Å²) >= 11 is 0. The zero-order chi connectivity index (χ0) is 24.2. The van der Waals surface area contributed by atoms with Crippen molar-refractivity contribution in [3.63, 3.8) is 0 Å². The first-order valence-corrected chi connectivity index (χ1v) is 11.0. The lowest BCUT2D eigenvalue weighted by molar-refractivity contribution is -0.120. The minimum absolute atomic E-state index is 0.00179. The van der Waals surface area contributed by atoms with Crippen molar-refractivity contribution in [3.05, 3.63) is 89.9 Å². The monoisotopic (exact) mass is 460 g/mol. The van der Waals surface area contributed by atoms with Gasteiger partial charge in [0.1, 0.15) is 23.0 Å². The zero-order valence-corrected chi connectivity index (χ0v) is 19.2. The summed E-state index contributed by atoms with van der Waals surface area (Å²) < 4.78 is 25.1. The molecular weight excluding hydrogens is 435 g/mol. The third kappa shape index (κ3) is 4.78. The maximum absolute atomic E-state index is 13.9. The first-order chi connectivity index (χ1) is 16.4. The molecule has 0 fully saturated rings. The molecule has 1 aliphatic heterocycles. The van der Waals surface area contributed by atoms with Gasteiger partial charge in [0.2, 0.25) is 0 Å². The third-order valence-electron chi connectivity index (χ3n) is 5.08. The van der Waals surface area contributed by atoms with Gasteiger partial charge in [0.05, 0.1) is 24.0 Å². The highest BCUT2D eigenvalue weighted by atomic mass is 19.1. The molecule has 0 saturated heterocycles. The standard InChI is InChI=1S/C27H25FN2O4/c1-4-33-23-10-6-8-20(16-23)29-25-24(18-11-13-22(14-12-18)34-17(2)3)26(31)30(27(25)32)21-9-5-7-19(28)15-21/h5-17,29H,4H2,1-3H3. The van der Waals surface area contributed by atoms with Crippen LogP contribution in [0.1, 0.15) is 26.3 Å². The number of benzene rings is 3. The average molecular weight is 461 g/mol. The van der Waals surface area contributed by atoms with E-state index in [1.807, 2.05) is 20.8 Å². The van der Waals surface area contributed by atoms with Crippen molar-refractivity contribution in [1.82, 2.24) is 0 Å². The number of amides is 2. The highest BCUT2D eigenvalue weighted by Crippen LogP contribution is 2.35. The summed E-state index contributed by atoms with van der Waals surface area (Å²) in [6.07, 6.45) is -0.00179. The molecule has 0 aromatic heterocycles. The van der Waals surface area contributed by atoms with E-state index < -0.39 is 17.6 Å². The largest absolute Gasteiger partial charge is 0.494 e. The van der Waals surface area contributed by atoms with Crippen LogP contribution in [0.3, 0.4) is 0 Å². The lowest BCUT2D eigenvalue weighted by atomic mass is 10.0. The topological polar surface area (TPSA) is 67.9 Å². The van der Waals surface area contributed by atoms with Crippen molar-refractivity contribution in [2.45, 2.75) is 26.9 Å². The van der Waals surface area contributed by atoms with E-state index in [-0.39, 0.29) is 23.1 Å². The lowest BCUT2D eigenvalue weighted by Crippen LogP contribution is -2.32. The number of ether oxygens (including phenoxy) is 2. The molecule has 0 aliphatic carbocycles. The van der Waals surface area contributed by atoms with Crippen LogP contribution in [0.5, 0.6) is 11.5 Å². The van der Waals surface area contributed by atoms with E-state index in [1.54, 1.807) is 48.5 Å². The van der Waals surface area contributed by atoms with Gasteiger partial charge in [-0.25, -0.2) is 9.29 Å². The van der Waals surface area contributed by atoms with Crippen LogP contribution in [0, 0.1) is 5.82 Å². The number of hydrogen-bond donors (Lipinski definition) is 1. The van der Waals surface area contributed by atoms with E-state index in [1.165, 1.54) is 18.2 Å². The Labute approximate surface area is 197 Å². The summed E-state index contributed by atoms with van der Waals surface area (Å²) in [6.45, 7) is 6.21. The van der Waals surface area contributed by atoms with E-state index in [9.17, 15) is 14.0 Å². The fourth-order valence-electron chi connectivity index (χ4n) is 3.71. The highest BCUT2D eigenvalue weighted by molar-refractivity contribution is 6.46. The predicted octanol–water partition coefficient (Wildman–Crippen LogP) is 5.41. The Bertz CT molecular complexity index is 1250. The number of hydrogen-bond acceptors (Lipinski definition) is 5. The quantitative estimate of drug-likeness (QED) is 0.456. The second-order valence-corrected chi connectivity index (χ2v) is 7.95. The predicted molar refractivity (Wildman–Crippen MR) is 129 cm³/mol. The second kappa shape index (κ2) is 9.79. The summed E-state index contributed by atoms with van der Waals surface area (Å²) in [5.41, 5.74) is 1.57. The van der Waals surface area contributed by atoms with Gasteiger partial charge in [-0.1, -0.05) is 24.3 Å². The van der Waals surface area contributed by atoms with Gasteiger partial charge >= 0.3 is 0 Å². The summed E-state index contributed by atoms with van der Waals surface area (Å²) in [4.78, 5) is 27.9. The van der Waals surface area contributed by atoms with Gasteiger partial charge in [-0.15, -0.1) is 0 Å². The maximum Gasteiger partial charge on any atom is 0.282 e. The molecule has 4 rings (SSSR count). The number of imide groups is 1. The first kappa shape index (κ1) is 23.0. The van der Waals surface area contributed by atoms with Gasteiger partial charge in [-0.2, -0.15) is 0 Å². The Morgan fingerprint density at radius 2 is 1.65 bits per heavy atom. The molecular formula is C27H25FN2O4. The Balaban J connectivity index is 1.77. The molecule has 0 bridgehead atoms. The van der Waals surface area contributed by atoms with Crippen molar-refractivity contribution in [2.75, 3.05) is 16.8 Å². The maximum atomic E-state index is 13.9. The Morgan fingerprint density at radius 1 is 0.912 bits per heavy atom. The molecule has 3 aromatic carbocycles. The summed E-state index contributed by atoms with van der Waals surface area (Å²) in [5, 5.41) is 3.09. The number of carbonyl (C=O) groups excluding carboxylic acids is 2. The molecule has 174 valence electrons. The van der Waals surface area contributed by atoms with Gasteiger partial charge in [-0.3, -0.25) is 9.59 Å². The van der Waals surface area contributed by atoms with Gasteiger partial charge in [-0.05, 0) is 68.8 Å². The number of carbonyl (C=O) groups is 2. The number of anilines is 2. The number of halogens is 1. The van der Waals surface area contributed by atoms with E-state index in [0.29, 0.717) is 29.4 Å². The summed E-state index contributed by atoms with van der Waals surface area (Å²) in [6, 6.07) is 19.5. The molecule has 0 saturated carbocycles. The normalized spacial score (nSPS) is 13.6. The SMILES string of the molecule is CCOc1cccc(NC2=C(c3ccc(OC(C)C)cc3)C(=O)N(c3cccc(F)c3)C2=O)c1. The summed E-state index contributed by atoms with van der Waals surface area (Å²) in [5.74, 6) is -0.382. The third-order valence-corrected chi connectivity index (χ3v) is 5.08. The van der Waals surface area contributed by atoms with Crippen LogP contribution in [0.2, 0.25) is 0 Å². The van der Waals surface area contributed by atoms with Crippen molar-refractivity contribution < 1.29 is 23.5 Å². The fraction of sp³-hybridized carbons (Fsp3) is 0.185. The Kier molecular flexibility index (Phi) is 6.63. The van der Waals surface area contributed by atoms with E-state index in [0.717, 1.165) is 11.0 Å². The number of nitrogens with zero attached hydrogens (tertiary/aromatic N) is 1. The van der Waals surface area contributed by atoms with Crippen molar-refractivity contribution in [2.24, 2.45) is 0 Å². The molecule has 0 radical (unpaired) electrons. The van der Waals surface area contributed by atoms with Crippen molar-refractivity contribution in [3.8, 4) is 11.5 Å². The average Bonchev–Trinajstić information content (AvgIpc) is 3.04. The number of rotatable bonds is 8. The molecule has 3 aromatic rings. The molecule has 7 heteroatoms. The van der Waals surface area contributed by atoms with E-state index in [2.05, 4.69) is 5.32 Å². The molecule has 34 heavy (non-hydrogen) atoms. The van der Waals surface area contributed by atoms with Crippen LogP contribution in [0.4, 0.5) is 15.8 Å². The highest BCUT2D eigenvalue weighted by Gasteiger charge is 2.40. The van der Waals surface area contributed by atoms with Crippen LogP contribution in [0.15, 0.2) is 78.5 Å². The molecule has 6 nitrogen and oxygen atoms in total. The molecule has 1 aliphatic rings. The van der Waals surface area contributed by atoms with Crippen LogP contribution in [-0.2, 0) is 9.59 Å². The second-order valence-electron chi connectivity index (χ2n) is 7.95. The minimum atomic E-state index is -0.574. The number of nitrogens with one attached hydrogen (secondary N) is 1. The Morgan fingerprint density at radius 3 is 2.32 bits per heavy atom. The van der Waals surface area contributed by atoms with E-state index in [4.69, 9.17) is 9.47 Å². The van der Waals surface area contributed by atoms with Gasteiger partial charge < -0.3 is 14.8 Å². The molecule has 0 unspecified atom stereocenters. The molecule has 2 amide bonds. The minimum Gasteiger partial charge on any atom is -0.494 e. The molecule has 1 N–H and O–H groups in total. The first-order valence-electron chi connectivity index (χ1n) is 11.0. The van der Waals surface area contributed by atoms with Gasteiger partial charge in [0, 0.05) is 11.8 Å². The van der Waals surface area contributed by atoms with Gasteiger partial charge in [0.25, 0.3) is 11.8 Å². The smallest absolute Gasteiger partial charge is 0.282 e. The zero-order valence-electron chi connectivity index (χ0n) is 19.2. The van der Waals surface area contributed by atoms with E-state index >= 15 is 0 Å². The summed E-state index contributed by atoms with van der Waals surface area (Å²) in [7, 11) is 0. The van der Waals surface area contributed by atoms with Crippen LogP contribution >= 0.6 is 0 Å². The molecule has 1 heterocycles. The van der Waals surface area contributed by atoms with Crippen LogP contribution < -0.4 is 19.7 Å². The Hall–Kier alpha value is -4.13. The van der Waals surface area contributed by atoms with Crippen molar-refractivity contribution in [1.29, 1.82) is 0 Å². The van der Waals surface area contributed by atoms with Gasteiger partial charge in [0.15, 0.2) is 0 Å². The van der Waals surface area contributed by atoms with Crippen LogP contribution in [-0.4, -0.2) is 24.5 Å². The molecule has 0 atom stereocenters. The fourth-order valence-corrected chi connectivity index (χ4v) is 3.71.